The van der Waals surface area contributed by atoms with E-state index in [0.717, 1.165) is 44.8 Å². The molecule has 4 aromatic carbocycles. The molecule has 1 fully saturated rings. The molecule has 1 aliphatic carbocycles. The average molecular weight is 411 g/mol. The lowest BCUT2D eigenvalue weighted by atomic mass is 9.92. The highest BCUT2D eigenvalue weighted by atomic mass is 16.5. The Morgan fingerprint density at radius 1 is 0.839 bits per heavy atom. The van der Waals surface area contributed by atoms with E-state index >= 15 is 0 Å². The van der Waals surface area contributed by atoms with Crippen LogP contribution in [0.3, 0.4) is 0 Å². The zero-order chi connectivity index (χ0) is 21.6. The molecule has 0 radical (unpaired) electrons. The zero-order valence-electron chi connectivity index (χ0n) is 18.1. The Balaban J connectivity index is 1.78. The van der Waals surface area contributed by atoms with Crippen molar-refractivity contribution in [1.29, 1.82) is 0 Å². The number of rotatable bonds is 5. The van der Waals surface area contributed by atoms with Crippen LogP contribution in [0.15, 0.2) is 72.8 Å². The van der Waals surface area contributed by atoms with Gasteiger partial charge in [0.05, 0.1) is 12.5 Å². The van der Waals surface area contributed by atoms with Crippen LogP contribution in [0.1, 0.15) is 27.2 Å². The maximum Gasteiger partial charge on any atom is 0.314 e. The van der Waals surface area contributed by atoms with Gasteiger partial charge in [-0.2, -0.15) is 0 Å². The Kier molecular flexibility index (Phi) is 4.70. The molecule has 5 rings (SSSR count). The van der Waals surface area contributed by atoms with Gasteiger partial charge in [-0.05, 0) is 52.4 Å². The molecule has 0 unspecified atom stereocenters. The summed E-state index contributed by atoms with van der Waals surface area (Å²) in [6.07, 6.45) is 0.868. The van der Waals surface area contributed by atoms with Crippen molar-refractivity contribution in [3.63, 3.8) is 0 Å². The second kappa shape index (κ2) is 7.42. The van der Waals surface area contributed by atoms with E-state index in [2.05, 4.69) is 44.2 Å². The summed E-state index contributed by atoms with van der Waals surface area (Å²) in [5.74, 6) is 1.18. The fourth-order valence-corrected chi connectivity index (χ4v) is 4.43. The molecule has 0 aliphatic heterocycles. The summed E-state index contributed by atoms with van der Waals surface area (Å²) < 4.78 is 12.1. The highest BCUT2D eigenvalue weighted by molar-refractivity contribution is 6.10. The highest BCUT2D eigenvalue weighted by Crippen LogP contribution is 2.53. The molecule has 0 N–H and O–H groups in total. The number of carbonyl (C=O) groups excluding carboxylic acids is 1. The van der Waals surface area contributed by atoms with E-state index in [1.165, 1.54) is 0 Å². The van der Waals surface area contributed by atoms with E-state index in [4.69, 9.17) is 9.47 Å². The van der Waals surface area contributed by atoms with E-state index in [9.17, 15) is 4.79 Å². The van der Waals surface area contributed by atoms with Crippen LogP contribution in [0.5, 0.6) is 11.5 Å². The molecule has 0 amide bonds. The first-order chi connectivity index (χ1) is 15.0. The van der Waals surface area contributed by atoms with Crippen molar-refractivity contribution in [2.45, 2.75) is 27.2 Å². The second-order valence-electron chi connectivity index (χ2n) is 8.92. The first-order valence-electron chi connectivity index (χ1n) is 10.9. The molecule has 1 saturated carbocycles. The van der Waals surface area contributed by atoms with Crippen molar-refractivity contribution in [2.75, 3.05) is 6.61 Å². The number of benzene rings is 4. The Labute approximate surface area is 182 Å². The fraction of sp³-hybridized carbons (Fsp3) is 0.250. The molecule has 1 atom stereocenters. The Morgan fingerprint density at radius 2 is 1.35 bits per heavy atom. The normalized spacial score (nSPS) is 16.9. The SMILES string of the molecule is CCOc1ccc2ccccc2c1-c1c(OC(=O)[C@H]2CC2(C)C)ccc2ccccc12. The summed E-state index contributed by atoms with van der Waals surface area (Å²) in [5.41, 5.74) is 1.89. The molecule has 4 aromatic rings. The first-order valence-corrected chi connectivity index (χ1v) is 10.9. The number of esters is 1. The first kappa shape index (κ1) is 19.6. The van der Waals surface area contributed by atoms with Gasteiger partial charge in [-0.3, -0.25) is 4.79 Å². The number of hydrogen-bond donors (Lipinski definition) is 0. The summed E-state index contributed by atoms with van der Waals surface area (Å²) >= 11 is 0. The predicted molar refractivity (Wildman–Crippen MR) is 126 cm³/mol. The molecule has 0 spiro atoms. The number of fused-ring (bicyclic) bond motifs is 2. The van der Waals surface area contributed by atoms with Gasteiger partial charge in [-0.1, -0.05) is 74.5 Å². The number of carbonyl (C=O) groups is 1. The smallest absolute Gasteiger partial charge is 0.314 e. The largest absolute Gasteiger partial charge is 0.493 e. The van der Waals surface area contributed by atoms with Gasteiger partial charge < -0.3 is 9.47 Å². The molecule has 31 heavy (non-hydrogen) atoms. The van der Waals surface area contributed by atoms with Crippen LogP contribution in [0, 0.1) is 11.3 Å². The van der Waals surface area contributed by atoms with Crippen molar-refractivity contribution in [3.8, 4) is 22.6 Å². The minimum Gasteiger partial charge on any atom is -0.493 e. The van der Waals surface area contributed by atoms with Gasteiger partial charge in [0, 0.05) is 11.1 Å². The summed E-state index contributed by atoms with van der Waals surface area (Å²) in [6.45, 7) is 6.76. The van der Waals surface area contributed by atoms with E-state index in [1.54, 1.807) is 0 Å². The third-order valence-electron chi connectivity index (χ3n) is 6.34. The Bertz CT molecular complexity index is 1300. The van der Waals surface area contributed by atoms with Crippen LogP contribution in [-0.2, 0) is 4.79 Å². The minimum atomic E-state index is -0.153. The Hall–Kier alpha value is -3.33. The maximum absolute atomic E-state index is 12.9. The monoisotopic (exact) mass is 410 g/mol. The molecule has 1 aliphatic rings. The average Bonchev–Trinajstić information content (AvgIpc) is 3.42. The fourth-order valence-electron chi connectivity index (χ4n) is 4.43. The molecule has 0 heterocycles. The van der Waals surface area contributed by atoms with Crippen LogP contribution < -0.4 is 9.47 Å². The van der Waals surface area contributed by atoms with Gasteiger partial charge in [0.15, 0.2) is 0 Å². The van der Waals surface area contributed by atoms with E-state index < -0.39 is 0 Å². The maximum atomic E-state index is 12.9. The number of hydrogen-bond acceptors (Lipinski definition) is 3. The van der Waals surface area contributed by atoms with Crippen LogP contribution in [0.25, 0.3) is 32.7 Å². The topological polar surface area (TPSA) is 35.5 Å². The van der Waals surface area contributed by atoms with Gasteiger partial charge in [0.25, 0.3) is 0 Å². The van der Waals surface area contributed by atoms with Gasteiger partial charge in [0.2, 0.25) is 0 Å². The van der Waals surface area contributed by atoms with Crippen molar-refractivity contribution >= 4 is 27.5 Å². The predicted octanol–water partition coefficient (Wildman–Crippen LogP) is 7.01. The van der Waals surface area contributed by atoms with E-state index in [1.807, 2.05) is 49.4 Å². The van der Waals surface area contributed by atoms with Crippen molar-refractivity contribution in [2.24, 2.45) is 11.3 Å². The van der Waals surface area contributed by atoms with Crippen LogP contribution in [0.2, 0.25) is 0 Å². The minimum absolute atomic E-state index is 0.0179. The third kappa shape index (κ3) is 3.44. The zero-order valence-corrected chi connectivity index (χ0v) is 18.1. The molecule has 0 aromatic heterocycles. The quantitative estimate of drug-likeness (QED) is 0.262. The van der Waals surface area contributed by atoms with Gasteiger partial charge in [-0.25, -0.2) is 0 Å². The molecular weight excluding hydrogens is 384 g/mol. The Morgan fingerprint density at radius 3 is 1.90 bits per heavy atom. The highest BCUT2D eigenvalue weighted by Gasteiger charge is 2.52. The van der Waals surface area contributed by atoms with Crippen LogP contribution in [0.4, 0.5) is 0 Å². The molecule has 0 bridgehead atoms. The van der Waals surface area contributed by atoms with Gasteiger partial charge in [-0.15, -0.1) is 0 Å². The third-order valence-corrected chi connectivity index (χ3v) is 6.34. The molecule has 3 nitrogen and oxygen atoms in total. The lowest BCUT2D eigenvalue weighted by Crippen LogP contribution is -2.14. The second-order valence-corrected chi connectivity index (χ2v) is 8.92. The summed E-state index contributed by atoms with van der Waals surface area (Å²) in [5, 5.41) is 4.34. The molecule has 3 heteroatoms. The van der Waals surface area contributed by atoms with Gasteiger partial charge >= 0.3 is 5.97 Å². The van der Waals surface area contributed by atoms with Crippen molar-refractivity contribution in [1.82, 2.24) is 0 Å². The van der Waals surface area contributed by atoms with E-state index in [0.29, 0.717) is 12.4 Å². The molecule has 156 valence electrons. The summed E-state index contributed by atoms with van der Waals surface area (Å²) in [7, 11) is 0. The summed E-state index contributed by atoms with van der Waals surface area (Å²) in [6, 6.07) is 24.5. The molecule has 0 saturated heterocycles. The van der Waals surface area contributed by atoms with Crippen LogP contribution >= 0.6 is 0 Å². The van der Waals surface area contributed by atoms with Crippen LogP contribution in [-0.4, -0.2) is 12.6 Å². The van der Waals surface area contributed by atoms with Crippen molar-refractivity contribution in [3.05, 3.63) is 72.8 Å². The lowest BCUT2D eigenvalue weighted by Gasteiger charge is -2.19. The number of ether oxygens (including phenoxy) is 2. The van der Waals surface area contributed by atoms with E-state index in [-0.39, 0.29) is 17.3 Å². The van der Waals surface area contributed by atoms with Crippen molar-refractivity contribution < 1.29 is 14.3 Å². The standard InChI is InChI=1S/C28H26O3/c1-4-30-23-15-13-18-9-5-7-11-20(18)25(23)26-21-12-8-6-10-19(21)14-16-24(26)31-27(29)22-17-28(22,2)3/h5-16,22H,4,17H2,1-3H3/t22-/m1/s1. The summed E-state index contributed by atoms with van der Waals surface area (Å²) in [4.78, 5) is 12.9. The molecular formula is C28H26O3. The lowest BCUT2D eigenvalue weighted by molar-refractivity contribution is -0.136. The van der Waals surface area contributed by atoms with Gasteiger partial charge in [0.1, 0.15) is 11.5 Å².